The van der Waals surface area contributed by atoms with Crippen LogP contribution in [-0.2, 0) is 4.79 Å². The maximum Gasteiger partial charge on any atom is 0.331 e. The van der Waals surface area contributed by atoms with Crippen molar-refractivity contribution in [2.45, 2.75) is 151 Å². The average molecular weight is 477 g/mol. The van der Waals surface area contributed by atoms with Crippen molar-refractivity contribution in [2.75, 3.05) is 0 Å². The second-order valence-electron chi connectivity index (χ2n) is 12.8. The molecule has 0 spiro atoms. The van der Waals surface area contributed by atoms with Crippen LogP contribution in [0.5, 0.6) is 0 Å². The molecule has 0 aromatic heterocycles. The number of rotatable bonds is 16. The Balaban J connectivity index is 2.52. The van der Waals surface area contributed by atoms with E-state index in [0.717, 1.165) is 24.8 Å². The van der Waals surface area contributed by atoms with E-state index in [1.165, 1.54) is 77.0 Å². The lowest BCUT2D eigenvalue weighted by atomic mass is 9.56. The first-order valence-corrected chi connectivity index (χ1v) is 14.2. The van der Waals surface area contributed by atoms with E-state index in [9.17, 15) is 15.0 Å². The summed E-state index contributed by atoms with van der Waals surface area (Å²) in [6.45, 7) is 14.9. The number of carboxylic acid groups (broad SMARTS) is 1. The Labute approximate surface area is 211 Å². The molecule has 198 valence electrons. The van der Waals surface area contributed by atoms with Crippen molar-refractivity contribution in [3.63, 3.8) is 0 Å². The molecule has 1 rings (SSSR count). The Morgan fingerprint density at radius 1 is 0.794 bits per heavy atom. The van der Waals surface area contributed by atoms with E-state index in [4.69, 9.17) is 0 Å². The first-order valence-electron chi connectivity index (χ1n) is 14.2. The summed E-state index contributed by atoms with van der Waals surface area (Å²) in [7, 11) is 0. The minimum atomic E-state index is -0.858. The molecule has 0 aromatic carbocycles. The zero-order chi connectivity index (χ0) is 25.8. The normalized spacial score (nSPS) is 19.4. The maximum absolute atomic E-state index is 12.0. The van der Waals surface area contributed by atoms with Crippen LogP contribution >= 0.6 is 0 Å². The van der Waals surface area contributed by atoms with Crippen molar-refractivity contribution in [3.05, 3.63) is 23.0 Å². The van der Waals surface area contributed by atoms with Crippen LogP contribution in [0, 0.1) is 16.2 Å². The van der Waals surface area contributed by atoms with Gasteiger partial charge in [0.05, 0.1) is 0 Å². The van der Waals surface area contributed by atoms with Crippen LogP contribution < -0.4 is 0 Å². The second kappa shape index (κ2) is 14.3. The van der Waals surface area contributed by atoms with Crippen LogP contribution in [0.3, 0.4) is 0 Å². The Kier molecular flexibility index (Phi) is 13.0. The molecule has 0 amide bonds. The smallest absolute Gasteiger partial charge is 0.331 e. The largest absolute Gasteiger partial charge is 0.511 e. The topological polar surface area (TPSA) is 57.5 Å². The minimum absolute atomic E-state index is 0.223. The molecule has 0 fully saturated rings. The van der Waals surface area contributed by atoms with Crippen molar-refractivity contribution in [1.82, 2.24) is 0 Å². The highest BCUT2D eigenvalue weighted by Crippen LogP contribution is 2.56. The molecular weight excluding hydrogens is 420 g/mol. The zero-order valence-electron chi connectivity index (χ0n) is 23.7. The van der Waals surface area contributed by atoms with Crippen LogP contribution in [0.25, 0.3) is 0 Å². The summed E-state index contributed by atoms with van der Waals surface area (Å²) in [6.07, 6.45) is 21.5. The standard InChI is InChI=1S/C31H56O3/c1-8-9-10-11-12-13-14-15-16-17-18-19-20-21-22-31(30(5,6)7)24-25(28(33)34)23-26(27(31)32)29(2,3)4/h23,32H,8-22,24H2,1-7H3,(H,33,34). The molecule has 0 aromatic rings. The van der Waals surface area contributed by atoms with Crippen LogP contribution in [0.2, 0.25) is 0 Å². The molecule has 0 aliphatic heterocycles. The number of aliphatic hydroxyl groups is 1. The Hall–Kier alpha value is -1.25. The van der Waals surface area contributed by atoms with Crippen molar-refractivity contribution in [3.8, 4) is 0 Å². The Bertz CT molecular complexity index is 672. The number of hydrogen-bond acceptors (Lipinski definition) is 2. The molecule has 0 bridgehead atoms. The number of carbonyl (C=O) groups is 1. The summed E-state index contributed by atoms with van der Waals surface area (Å²) >= 11 is 0. The highest BCUT2D eigenvalue weighted by molar-refractivity contribution is 5.88. The molecular formula is C31H56O3. The van der Waals surface area contributed by atoms with Gasteiger partial charge in [0.15, 0.2) is 0 Å². The van der Waals surface area contributed by atoms with Crippen molar-refractivity contribution >= 4 is 5.97 Å². The number of aliphatic hydroxyl groups excluding tert-OH is 1. The summed E-state index contributed by atoms with van der Waals surface area (Å²) in [5.41, 5.74) is 0.186. The van der Waals surface area contributed by atoms with E-state index in [1.54, 1.807) is 6.08 Å². The molecule has 3 nitrogen and oxygen atoms in total. The number of hydrogen-bond donors (Lipinski definition) is 2. The van der Waals surface area contributed by atoms with E-state index in [2.05, 4.69) is 48.5 Å². The fourth-order valence-corrected chi connectivity index (χ4v) is 5.49. The van der Waals surface area contributed by atoms with Crippen molar-refractivity contribution in [2.24, 2.45) is 16.2 Å². The molecule has 0 saturated heterocycles. The summed E-state index contributed by atoms with van der Waals surface area (Å²) in [4.78, 5) is 12.0. The highest BCUT2D eigenvalue weighted by atomic mass is 16.4. The quantitative estimate of drug-likeness (QED) is 0.218. The zero-order valence-corrected chi connectivity index (χ0v) is 23.7. The predicted molar refractivity (Wildman–Crippen MR) is 146 cm³/mol. The molecule has 2 N–H and O–H groups in total. The highest BCUT2D eigenvalue weighted by Gasteiger charge is 2.50. The molecule has 34 heavy (non-hydrogen) atoms. The summed E-state index contributed by atoms with van der Waals surface area (Å²) in [6, 6.07) is 0. The van der Waals surface area contributed by atoms with E-state index >= 15 is 0 Å². The monoisotopic (exact) mass is 476 g/mol. The van der Waals surface area contributed by atoms with Gasteiger partial charge in [0.2, 0.25) is 0 Å². The fraction of sp³-hybridized carbons (Fsp3) is 0.839. The average Bonchev–Trinajstić information content (AvgIpc) is 2.73. The maximum atomic E-state index is 12.0. The van der Waals surface area contributed by atoms with Crippen molar-refractivity contribution in [1.29, 1.82) is 0 Å². The molecule has 1 aliphatic carbocycles. The van der Waals surface area contributed by atoms with Crippen LogP contribution in [-0.4, -0.2) is 16.2 Å². The van der Waals surface area contributed by atoms with Gasteiger partial charge in [-0.05, 0) is 35.3 Å². The van der Waals surface area contributed by atoms with Gasteiger partial charge in [0.25, 0.3) is 0 Å². The van der Waals surface area contributed by atoms with Crippen LogP contribution in [0.1, 0.15) is 151 Å². The lowest BCUT2D eigenvalue weighted by Crippen LogP contribution is -2.42. The van der Waals surface area contributed by atoms with Gasteiger partial charge in [-0.25, -0.2) is 4.79 Å². The lowest BCUT2D eigenvalue weighted by Gasteiger charge is -2.48. The first-order chi connectivity index (χ1) is 15.9. The van der Waals surface area contributed by atoms with Gasteiger partial charge < -0.3 is 10.2 Å². The summed E-state index contributed by atoms with van der Waals surface area (Å²) in [5, 5.41) is 21.3. The van der Waals surface area contributed by atoms with E-state index in [1.807, 2.05) is 0 Å². The van der Waals surface area contributed by atoms with Gasteiger partial charge >= 0.3 is 5.97 Å². The molecule has 1 atom stereocenters. The van der Waals surface area contributed by atoms with E-state index < -0.39 is 11.4 Å². The third-order valence-electron chi connectivity index (χ3n) is 7.99. The molecule has 0 heterocycles. The first kappa shape index (κ1) is 30.8. The second-order valence-corrected chi connectivity index (χ2v) is 12.8. The van der Waals surface area contributed by atoms with E-state index in [0.29, 0.717) is 17.8 Å². The Morgan fingerprint density at radius 2 is 1.21 bits per heavy atom. The third-order valence-corrected chi connectivity index (χ3v) is 7.99. The van der Waals surface area contributed by atoms with Gasteiger partial charge in [0, 0.05) is 11.0 Å². The SMILES string of the molecule is CCCCCCCCCCCCCCCCC1(C(C)(C)C)CC(C(=O)O)=CC(C(C)(C)C)=C1O. The molecule has 1 aliphatic rings. The van der Waals surface area contributed by atoms with Crippen LogP contribution in [0.4, 0.5) is 0 Å². The van der Waals surface area contributed by atoms with Gasteiger partial charge in [-0.2, -0.15) is 0 Å². The van der Waals surface area contributed by atoms with Gasteiger partial charge in [-0.3, -0.25) is 0 Å². The van der Waals surface area contributed by atoms with Gasteiger partial charge in [-0.15, -0.1) is 0 Å². The number of allylic oxidation sites excluding steroid dienone is 3. The summed E-state index contributed by atoms with van der Waals surface area (Å²) < 4.78 is 0. The number of aliphatic carboxylic acids is 1. The Morgan fingerprint density at radius 3 is 1.56 bits per heavy atom. The number of unbranched alkanes of at least 4 members (excludes halogenated alkanes) is 13. The molecule has 1 unspecified atom stereocenters. The van der Waals surface area contributed by atoms with Crippen molar-refractivity contribution < 1.29 is 15.0 Å². The molecule has 0 saturated carbocycles. The van der Waals surface area contributed by atoms with Gasteiger partial charge in [0.1, 0.15) is 5.76 Å². The lowest BCUT2D eigenvalue weighted by molar-refractivity contribution is -0.133. The van der Waals surface area contributed by atoms with Crippen LogP contribution in [0.15, 0.2) is 23.0 Å². The predicted octanol–water partition coefficient (Wildman–Crippen LogP) is 10.2. The summed E-state index contributed by atoms with van der Waals surface area (Å²) in [5.74, 6) is -0.434. The van der Waals surface area contributed by atoms with Gasteiger partial charge in [-0.1, -0.05) is 138 Å². The molecule has 0 radical (unpaired) electrons. The number of carboxylic acids is 1. The fourth-order valence-electron chi connectivity index (χ4n) is 5.49. The third kappa shape index (κ3) is 9.42. The minimum Gasteiger partial charge on any atom is -0.511 e. The molecule has 3 heteroatoms. The van der Waals surface area contributed by atoms with E-state index in [-0.39, 0.29) is 10.8 Å².